The molecule has 0 bridgehead atoms. The van der Waals surface area contributed by atoms with Crippen molar-refractivity contribution in [3.05, 3.63) is 60.2 Å². The number of carbonyl (C=O) groups is 2. The van der Waals surface area contributed by atoms with Gasteiger partial charge in [0.2, 0.25) is 0 Å². The maximum Gasteiger partial charge on any atom is 0.407 e. The van der Waals surface area contributed by atoms with Gasteiger partial charge in [-0.25, -0.2) is 4.79 Å². The van der Waals surface area contributed by atoms with Crippen LogP contribution in [0.25, 0.3) is 11.1 Å². The summed E-state index contributed by atoms with van der Waals surface area (Å²) in [5.74, 6) is -1.46. The van der Waals surface area contributed by atoms with Crippen LogP contribution in [0.15, 0.2) is 54.6 Å². The van der Waals surface area contributed by atoms with Gasteiger partial charge < -0.3 is 15.2 Å². The minimum atomic E-state index is -0.882. The molecule has 0 aliphatic carbocycles. The lowest BCUT2D eigenvalue weighted by molar-refractivity contribution is -0.141. The van der Waals surface area contributed by atoms with Crippen LogP contribution in [-0.2, 0) is 16.0 Å². The predicted molar refractivity (Wildman–Crippen MR) is 110 cm³/mol. The summed E-state index contributed by atoms with van der Waals surface area (Å²) in [7, 11) is 0. The highest BCUT2D eigenvalue weighted by atomic mass is 16.6. The van der Waals surface area contributed by atoms with Crippen molar-refractivity contribution < 1.29 is 19.4 Å². The van der Waals surface area contributed by atoms with Crippen LogP contribution in [0.1, 0.15) is 39.7 Å². The number of carboxylic acids is 1. The van der Waals surface area contributed by atoms with Crippen molar-refractivity contribution in [2.45, 2.75) is 52.2 Å². The molecule has 0 saturated heterocycles. The van der Waals surface area contributed by atoms with Gasteiger partial charge in [0.25, 0.3) is 0 Å². The van der Waals surface area contributed by atoms with Crippen molar-refractivity contribution in [1.29, 1.82) is 0 Å². The number of ether oxygens (including phenoxy) is 1. The monoisotopic (exact) mass is 383 g/mol. The zero-order valence-electron chi connectivity index (χ0n) is 16.9. The number of alkyl carbamates (subject to hydrolysis) is 1. The summed E-state index contributed by atoms with van der Waals surface area (Å²) >= 11 is 0. The smallest absolute Gasteiger partial charge is 0.407 e. The highest BCUT2D eigenvalue weighted by Crippen LogP contribution is 2.25. The number of hydrogen-bond donors (Lipinski definition) is 2. The van der Waals surface area contributed by atoms with Gasteiger partial charge in [-0.05, 0) is 50.3 Å². The van der Waals surface area contributed by atoms with Gasteiger partial charge in [0, 0.05) is 6.04 Å². The van der Waals surface area contributed by atoms with Gasteiger partial charge in [0.15, 0.2) is 0 Å². The third-order valence-electron chi connectivity index (χ3n) is 4.35. The van der Waals surface area contributed by atoms with E-state index in [9.17, 15) is 14.7 Å². The Balaban J connectivity index is 2.25. The number of aliphatic carboxylic acids is 1. The summed E-state index contributed by atoms with van der Waals surface area (Å²) < 4.78 is 5.37. The molecule has 0 heterocycles. The van der Waals surface area contributed by atoms with Gasteiger partial charge in [-0.3, -0.25) is 4.79 Å². The molecule has 0 saturated carbocycles. The van der Waals surface area contributed by atoms with E-state index in [0.717, 1.165) is 16.7 Å². The maximum atomic E-state index is 12.3. The lowest BCUT2D eigenvalue weighted by atomic mass is 9.91. The highest BCUT2D eigenvalue weighted by Gasteiger charge is 2.24. The topological polar surface area (TPSA) is 75.6 Å². The van der Waals surface area contributed by atoms with Gasteiger partial charge in [0.1, 0.15) is 5.60 Å². The quantitative estimate of drug-likeness (QED) is 0.713. The molecular formula is C23H29NO4. The van der Waals surface area contributed by atoms with Crippen LogP contribution in [0.3, 0.4) is 0 Å². The Morgan fingerprint density at radius 3 is 2.25 bits per heavy atom. The predicted octanol–water partition coefficient (Wildman–Crippen LogP) is 4.90. The molecule has 2 aromatic carbocycles. The van der Waals surface area contributed by atoms with Crippen molar-refractivity contribution >= 4 is 12.1 Å². The summed E-state index contributed by atoms with van der Waals surface area (Å²) in [6, 6.07) is 17.6. The fraction of sp³-hybridized carbons (Fsp3) is 0.391. The number of benzene rings is 2. The SMILES string of the molecule is C[C@H](C[C@@H](Cc1ccccc1-c1ccccc1)NC(=O)OC(C)(C)C)C(=O)O. The molecule has 0 aromatic heterocycles. The van der Waals surface area contributed by atoms with Crippen LogP contribution in [0.4, 0.5) is 4.79 Å². The lowest BCUT2D eigenvalue weighted by Gasteiger charge is -2.25. The first kappa shape index (κ1) is 21.5. The summed E-state index contributed by atoms with van der Waals surface area (Å²) in [5.41, 5.74) is 2.59. The highest BCUT2D eigenvalue weighted by molar-refractivity contribution is 5.71. The molecule has 0 unspecified atom stereocenters. The molecule has 1 amide bonds. The Morgan fingerprint density at radius 2 is 1.64 bits per heavy atom. The second-order valence-electron chi connectivity index (χ2n) is 8.05. The lowest BCUT2D eigenvalue weighted by Crippen LogP contribution is -2.41. The van der Waals surface area contributed by atoms with Crippen molar-refractivity contribution in [3.63, 3.8) is 0 Å². The first-order chi connectivity index (χ1) is 13.2. The third-order valence-corrected chi connectivity index (χ3v) is 4.35. The van der Waals surface area contributed by atoms with E-state index in [1.54, 1.807) is 27.7 Å². The molecule has 150 valence electrons. The molecule has 2 aromatic rings. The van der Waals surface area contributed by atoms with Gasteiger partial charge in [-0.1, -0.05) is 61.5 Å². The Bertz CT molecular complexity index is 796. The number of amides is 1. The molecular weight excluding hydrogens is 354 g/mol. The summed E-state index contributed by atoms with van der Waals surface area (Å²) in [6.07, 6.45) is 0.298. The Kier molecular flexibility index (Phi) is 7.21. The van der Waals surface area contributed by atoms with Crippen molar-refractivity contribution in [1.82, 2.24) is 5.32 Å². The molecule has 0 aliphatic heterocycles. The van der Waals surface area contributed by atoms with Crippen LogP contribution < -0.4 is 5.32 Å². The standard InChI is InChI=1S/C23H29NO4/c1-16(21(25)26)14-19(24-22(27)28-23(2,3)4)15-18-12-8-9-13-20(18)17-10-6-5-7-11-17/h5-13,16,19H,14-15H2,1-4H3,(H,24,27)(H,25,26)/t16-,19+/m1/s1. The average molecular weight is 383 g/mol. The third kappa shape index (κ3) is 6.72. The molecule has 0 radical (unpaired) electrons. The van der Waals surface area contributed by atoms with Crippen molar-refractivity contribution in [3.8, 4) is 11.1 Å². The molecule has 28 heavy (non-hydrogen) atoms. The molecule has 5 heteroatoms. The summed E-state index contributed by atoms with van der Waals surface area (Å²) in [6.45, 7) is 7.04. The second kappa shape index (κ2) is 9.40. The number of nitrogens with one attached hydrogen (secondary N) is 1. The number of rotatable bonds is 7. The van der Waals surface area contributed by atoms with E-state index in [4.69, 9.17) is 4.74 Å². The first-order valence-corrected chi connectivity index (χ1v) is 9.51. The number of hydrogen-bond acceptors (Lipinski definition) is 3. The van der Waals surface area contributed by atoms with Crippen molar-refractivity contribution in [2.24, 2.45) is 5.92 Å². The maximum absolute atomic E-state index is 12.3. The van der Waals surface area contributed by atoms with E-state index in [2.05, 4.69) is 5.32 Å². The van der Waals surface area contributed by atoms with Crippen LogP contribution in [0, 0.1) is 5.92 Å². The average Bonchev–Trinajstić information content (AvgIpc) is 2.61. The number of carboxylic acid groups (broad SMARTS) is 1. The van der Waals surface area contributed by atoms with Crippen LogP contribution in [0.2, 0.25) is 0 Å². The first-order valence-electron chi connectivity index (χ1n) is 9.51. The Hall–Kier alpha value is -2.82. The van der Waals surface area contributed by atoms with E-state index >= 15 is 0 Å². The number of carbonyl (C=O) groups excluding carboxylic acids is 1. The van der Waals surface area contributed by atoms with E-state index in [1.807, 2.05) is 54.6 Å². The van der Waals surface area contributed by atoms with E-state index in [1.165, 1.54) is 0 Å². The summed E-state index contributed by atoms with van der Waals surface area (Å²) in [4.78, 5) is 23.6. The van der Waals surface area contributed by atoms with Crippen LogP contribution in [-0.4, -0.2) is 28.8 Å². The fourth-order valence-corrected chi connectivity index (χ4v) is 3.06. The van der Waals surface area contributed by atoms with Gasteiger partial charge >= 0.3 is 12.1 Å². The molecule has 2 atom stereocenters. The van der Waals surface area contributed by atoms with Crippen LogP contribution in [0.5, 0.6) is 0 Å². The van der Waals surface area contributed by atoms with E-state index in [-0.39, 0.29) is 6.04 Å². The van der Waals surface area contributed by atoms with Crippen LogP contribution >= 0.6 is 0 Å². The fourth-order valence-electron chi connectivity index (χ4n) is 3.06. The summed E-state index contributed by atoms with van der Waals surface area (Å²) in [5, 5.41) is 12.2. The Labute approximate surface area is 166 Å². The molecule has 0 spiro atoms. The molecule has 0 aliphatic rings. The normalized spacial score (nSPS) is 13.4. The molecule has 0 fully saturated rings. The van der Waals surface area contributed by atoms with Gasteiger partial charge in [-0.15, -0.1) is 0 Å². The van der Waals surface area contributed by atoms with Crippen molar-refractivity contribution in [2.75, 3.05) is 0 Å². The molecule has 2 rings (SSSR count). The molecule has 2 N–H and O–H groups in total. The zero-order chi connectivity index (χ0) is 20.7. The second-order valence-corrected chi connectivity index (χ2v) is 8.05. The van der Waals surface area contributed by atoms with E-state index in [0.29, 0.717) is 12.8 Å². The Morgan fingerprint density at radius 1 is 1.04 bits per heavy atom. The minimum absolute atomic E-state index is 0.317. The zero-order valence-corrected chi connectivity index (χ0v) is 16.9. The minimum Gasteiger partial charge on any atom is -0.481 e. The largest absolute Gasteiger partial charge is 0.481 e. The molecule has 5 nitrogen and oxygen atoms in total. The van der Waals surface area contributed by atoms with E-state index < -0.39 is 23.6 Å². The van der Waals surface area contributed by atoms with Gasteiger partial charge in [-0.2, -0.15) is 0 Å². The van der Waals surface area contributed by atoms with Gasteiger partial charge in [0.05, 0.1) is 5.92 Å².